The molecule has 0 atom stereocenters. The average molecular weight is 354 g/mol. The molecule has 0 fully saturated rings. The Bertz CT molecular complexity index is 830. The van der Waals surface area contributed by atoms with E-state index in [1.807, 2.05) is 13.8 Å². The Kier molecular flexibility index (Phi) is 6.57. The van der Waals surface area contributed by atoms with Crippen LogP contribution in [-0.4, -0.2) is 16.2 Å². The Morgan fingerprint density at radius 2 is 1.56 bits per heavy atom. The number of phenols is 1. The van der Waals surface area contributed by atoms with Crippen molar-refractivity contribution >= 4 is 5.97 Å². The Morgan fingerprint density at radius 1 is 1.00 bits per heavy atom. The number of halogens is 4. The number of alkyl halides is 3. The molecule has 0 aromatic heterocycles. The van der Waals surface area contributed by atoms with Gasteiger partial charge in [-0.25, -0.2) is 9.18 Å². The number of aromatic hydroxyl groups is 1. The van der Waals surface area contributed by atoms with Crippen molar-refractivity contribution in [2.75, 3.05) is 0 Å². The Hall–Kier alpha value is -3.01. The SMILES string of the molecule is CC.O=C(O)c1ccc(C#Cc2ccc(O)cc2C(F)(F)F)c(F)c1. The summed E-state index contributed by atoms with van der Waals surface area (Å²) in [4.78, 5) is 10.7. The number of phenolic OH excluding ortho intramolecular Hbond substituents is 1. The molecule has 0 bridgehead atoms. The van der Waals surface area contributed by atoms with Crippen LogP contribution in [0.3, 0.4) is 0 Å². The number of benzene rings is 2. The lowest BCUT2D eigenvalue weighted by molar-refractivity contribution is -0.137. The van der Waals surface area contributed by atoms with E-state index in [1.165, 1.54) is 0 Å². The number of rotatable bonds is 1. The lowest BCUT2D eigenvalue weighted by atomic mass is 10.1. The molecule has 0 aliphatic heterocycles. The van der Waals surface area contributed by atoms with Gasteiger partial charge in [0.15, 0.2) is 0 Å². The van der Waals surface area contributed by atoms with Crippen LogP contribution in [0.25, 0.3) is 0 Å². The molecule has 0 unspecified atom stereocenters. The van der Waals surface area contributed by atoms with Crippen LogP contribution in [0.2, 0.25) is 0 Å². The summed E-state index contributed by atoms with van der Waals surface area (Å²) in [7, 11) is 0. The van der Waals surface area contributed by atoms with Crippen LogP contribution in [0.5, 0.6) is 5.75 Å². The fraction of sp³-hybridized carbons (Fsp3) is 0.167. The van der Waals surface area contributed by atoms with Crippen LogP contribution in [-0.2, 0) is 6.18 Å². The van der Waals surface area contributed by atoms with Crippen molar-refractivity contribution < 1.29 is 32.6 Å². The Labute approximate surface area is 141 Å². The van der Waals surface area contributed by atoms with Crippen LogP contribution in [0, 0.1) is 17.7 Å². The highest BCUT2D eigenvalue weighted by Crippen LogP contribution is 2.33. The smallest absolute Gasteiger partial charge is 0.417 e. The number of carbonyl (C=O) groups is 1. The monoisotopic (exact) mass is 354 g/mol. The molecule has 7 heteroatoms. The summed E-state index contributed by atoms with van der Waals surface area (Å²) in [5, 5.41) is 17.9. The van der Waals surface area contributed by atoms with Crippen molar-refractivity contribution in [1.82, 2.24) is 0 Å². The third-order valence-corrected chi connectivity index (χ3v) is 2.86. The summed E-state index contributed by atoms with van der Waals surface area (Å²) in [6.07, 6.45) is -4.73. The molecule has 2 aromatic rings. The lowest BCUT2D eigenvalue weighted by Gasteiger charge is -2.09. The van der Waals surface area contributed by atoms with Crippen molar-refractivity contribution in [3.05, 3.63) is 64.5 Å². The molecule has 0 spiro atoms. The number of carboxylic acids is 1. The van der Waals surface area contributed by atoms with Gasteiger partial charge in [-0.1, -0.05) is 25.7 Å². The van der Waals surface area contributed by atoms with Crippen molar-refractivity contribution in [1.29, 1.82) is 0 Å². The largest absolute Gasteiger partial charge is 0.508 e. The third-order valence-electron chi connectivity index (χ3n) is 2.86. The zero-order chi connectivity index (χ0) is 19.2. The molecule has 2 aromatic carbocycles. The molecule has 0 amide bonds. The molecule has 0 saturated carbocycles. The normalized spacial score (nSPS) is 10.2. The molecule has 2 rings (SSSR count). The zero-order valence-corrected chi connectivity index (χ0v) is 13.3. The van der Waals surface area contributed by atoms with E-state index in [0.29, 0.717) is 6.07 Å². The van der Waals surface area contributed by atoms with Gasteiger partial charge in [-0.15, -0.1) is 0 Å². The Balaban J connectivity index is 0.00000151. The van der Waals surface area contributed by atoms with Crippen molar-refractivity contribution in [2.45, 2.75) is 20.0 Å². The lowest BCUT2D eigenvalue weighted by Crippen LogP contribution is -2.07. The van der Waals surface area contributed by atoms with Gasteiger partial charge in [0.1, 0.15) is 11.6 Å². The first-order chi connectivity index (χ1) is 11.7. The summed E-state index contributed by atoms with van der Waals surface area (Å²) in [5.41, 5.74) is -2.12. The highest BCUT2D eigenvalue weighted by Gasteiger charge is 2.33. The molecule has 0 aliphatic rings. The van der Waals surface area contributed by atoms with Gasteiger partial charge in [0.2, 0.25) is 0 Å². The van der Waals surface area contributed by atoms with E-state index in [-0.39, 0.29) is 11.1 Å². The molecule has 0 aliphatic carbocycles. The van der Waals surface area contributed by atoms with Gasteiger partial charge in [0.05, 0.1) is 16.7 Å². The van der Waals surface area contributed by atoms with Gasteiger partial charge in [-0.05, 0) is 36.4 Å². The second-order valence-electron chi connectivity index (χ2n) is 4.48. The molecule has 2 N–H and O–H groups in total. The van der Waals surface area contributed by atoms with Crippen molar-refractivity contribution in [2.24, 2.45) is 0 Å². The minimum absolute atomic E-state index is 0.240. The maximum absolute atomic E-state index is 13.7. The van der Waals surface area contributed by atoms with Gasteiger partial charge in [0.25, 0.3) is 0 Å². The van der Waals surface area contributed by atoms with E-state index in [9.17, 15) is 22.4 Å². The molecule has 25 heavy (non-hydrogen) atoms. The molecule has 0 heterocycles. The molecule has 0 saturated heterocycles. The number of hydrogen-bond donors (Lipinski definition) is 2. The second kappa shape index (κ2) is 8.20. The zero-order valence-electron chi connectivity index (χ0n) is 13.3. The van der Waals surface area contributed by atoms with Gasteiger partial charge in [-0.3, -0.25) is 0 Å². The van der Waals surface area contributed by atoms with E-state index in [1.54, 1.807) is 0 Å². The van der Waals surface area contributed by atoms with Gasteiger partial charge >= 0.3 is 12.1 Å². The summed E-state index contributed by atoms with van der Waals surface area (Å²) in [6.45, 7) is 4.00. The Morgan fingerprint density at radius 3 is 2.08 bits per heavy atom. The maximum Gasteiger partial charge on any atom is 0.417 e. The average Bonchev–Trinajstić information content (AvgIpc) is 2.55. The molecule has 0 radical (unpaired) electrons. The van der Waals surface area contributed by atoms with Crippen molar-refractivity contribution in [3.8, 4) is 17.6 Å². The van der Waals surface area contributed by atoms with E-state index in [0.717, 1.165) is 30.3 Å². The molecular weight excluding hydrogens is 340 g/mol. The highest BCUT2D eigenvalue weighted by atomic mass is 19.4. The summed E-state index contributed by atoms with van der Waals surface area (Å²) < 4.78 is 52.3. The van der Waals surface area contributed by atoms with Crippen LogP contribution >= 0.6 is 0 Å². The number of carboxylic acid groups (broad SMARTS) is 1. The van der Waals surface area contributed by atoms with Crippen LogP contribution in [0.1, 0.15) is 40.9 Å². The minimum atomic E-state index is -4.73. The summed E-state index contributed by atoms with van der Waals surface area (Å²) in [5.74, 6) is 1.56. The van der Waals surface area contributed by atoms with E-state index in [2.05, 4.69) is 11.8 Å². The van der Waals surface area contributed by atoms with E-state index in [4.69, 9.17) is 10.2 Å². The molecular formula is C18H14F4O3. The quantitative estimate of drug-likeness (QED) is 0.578. The topological polar surface area (TPSA) is 57.5 Å². The minimum Gasteiger partial charge on any atom is -0.508 e. The van der Waals surface area contributed by atoms with E-state index < -0.39 is 34.8 Å². The fourth-order valence-electron chi connectivity index (χ4n) is 1.76. The van der Waals surface area contributed by atoms with Crippen molar-refractivity contribution in [3.63, 3.8) is 0 Å². The van der Waals surface area contributed by atoms with E-state index >= 15 is 0 Å². The van der Waals surface area contributed by atoms with Gasteiger partial charge < -0.3 is 10.2 Å². The number of hydrogen-bond acceptors (Lipinski definition) is 2. The first-order valence-corrected chi connectivity index (χ1v) is 7.13. The third kappa shape index (κ3) is 5.24. The molecule has 132 valence electrons. The maximum atomic E-state index is 13.7. The highest BCUT2D eigenvalue weighted by molar-refractivity contribution is 5.87. The fourth-order valence-corrected chi connectivity index (χ4v) is 1.76. The van der Waals surface area contributed by atoms with Gasteiger partial charge in [0, 0.05) is 5.56 Å². The predicted octanol–water partition coefficient (Wildman–Crippen LogP) is 4.67. The first-order valence-electron chi connectivity index (χ1n) is 7.13. The standard InChI is InChI=1S/C16H8F4O3.C2H6/c17-14-7-11(15(22)23)4-3-10(14)2-1-9-5-6-12(21)8-13(9)16(18,19)20;1-2/h3-8,21H,(H,22,23);1-2H3. The van der Waals surface area contributed by atoms with Crippen LogP contribution < -0.4 is 0 Å². The summed E-state index contributed by atoms with van der Waals surface area (Å²) >= 11 is 0. The molecule has 3 nitrogen and oxygen atoms in total. The predicted molar refractivity (Wildman–Crippen MR) is 83.8 cm³/mol. The van der Waals surface area contributed by atoms with Crippen LogP contribution in [0.4, 0.5) is 17.6 Å². The first kappa shape index (κ1) is 20.0. The summed E-state index contributed by atoms with van der Waals surface area (Å²) in [6, 6.07) is 5.41. The second-order valence-corrected chi connectivity index (χ2v) is 4.48. The van der Waals surface area contributed by atoms with Gasteiger partial charge in [-0.2, -0.15) is 13.2 Å². The van der Waals surface area contributed by atoms with Crippen LogP contribution in [0.15, 0.2) is 36.4 Å². The number of aromatic carboxylic acids is 1.